The molecule has 2 fully saturated rings. The smallest absolute Gasteiger partial charge is 0.253 e. The van der Waals surface area contributed by atoms with E-state index in [1.165, 1.54) is 22.9 Å². The summed E-state index contributed by atoms with van der Waals surface area (Å²) in [5.74, 6) is -0.339. The van der Waals surface area contributed by atoms with Crippen molar-refractivity contribution in [2.24, 2.45) is 0 Å². The van der Waals surface area contributed by atoms with Gasteiger partial charge < -0.3 is 5.32 Å². The topological polar surface area (TPSA) is 66.5 Å². The summed E-state index contributed by atoms with van der Waals surface area (Å²) >= 11 is 12.4. The summed E-state index contributed by atoms with van der Waals surface area (Å²) in [5, 5.41) is 3.20. The minimum Gasteiger partial charge on any atom is -0.349 e. The molecule has 1 saturated heterocycles. The lowest BCUT2D eigenvalue weighted by atomic mass is 9.95. The van der Waals surface area contributed by atoms with Crippen molar-refractivity contribution in [2.75, 3.05) is 13.1 Å². The predicted octanol–water partition coefficient (Wildman–Crippen LogP) is 4.23. The van der Waals surface area contributed by atoms with Crippen molar-refractivity contribution in [3.63, 3.8) is 0 Å². The number of rotatable bonds is 4. The molecule has 0 bridgehead atoms. The standard InChI is InChI=1S/C18H24Cl2N2O3S/c19-15-12-16(20)17(26(24,25)22-9-5-2-6-10-22)11-14(15)18(23)21-13-7-3-1-4-8-13/h11-13H,1-10H2,(H,21,23). The molecular formula is C18H24Cl2N2O3S. The molecular weight excluding hydrogens is 395 g/mol. The van der Waals surface area contributed by atoms with Crippen molar-refractivity contribution in [3.05, 3.63) is 27.7 Å². The fraction of sp³-hybridized carbons (Fsp3) is 0.611. The van der Waals surface area contributed by atoms with E-state index in [1.807, 2.05) is 0 Å². The van der Waals surface area contributed by atoms with Gasteiger partial charge in [-0.3, -0.25) is 4.79 Å². The van der Waals surface area contributed by atoms with Gasteiger partial charge in [0, 0.05) is 19.1 Å². The molecule has 1 amide bonds. The molecule has 0 radical (unpaired) electrons. The van der Waals surface area contributed by atoms with Gasteiger partial charge in [0.05, 0.1) is 15.6 Å². The van der Waals surface area contributed by atoms with Crippen LogP contribution in [-0.2, 0) is 10.0 Å². The number of amides is 1. The molecule has 3 rings (SSSR count). The minimum absolute atomic E-state index is 0.0424. The Hall–Kier alpha value is -0.820. The van der Waals surface area contributed by atoms with E-state index in [2.05, 4.69) is 5.32 Å². The predicted molar refractivity (Wildman–Crippen MR) is 103 cm³/mol. The lowest BCUT2D eigenvalue weighted by molar-refractivity contribution is 0.0927. The number of hydrogen-bond acceptors (Lipinski definition) is 3. The van der Waals surface area contributed by atoms with E-state index in [0.29, 0.717) is 13.1 Å². The highest BCUT2D eigenvalue weighted by Crippen LogP contribution is 2.32. The van der Waals surface area contributed by atoms with Crippen LogP contribution in [0.1, 0.15) is 61.7 Å². The van der Waals surface area contributed by atoms with Crippen LogP contribution in [0, 0.1) is 0 Å². The van der Waals surface area contributed by atoms with Gasteiger partial charge in [-0.05, 0) is 37.8 Å². The average Bonchev–Trinajstić information content (AvgIpc) is 2.63. The fourth-order valence-electron chi connectivity index (χ4n) is 3.66. The third-order valence-electron chi connectivity index (χ3n) is 5.14. The van der Waals surface area contributed by atoms with Gasteiger partial charge in [-0.2, -0.15) is 4.31 Å². The maximum atomic E-state index is 13.0. The number of hydrogen-bond donors (Lipinski definition) is 1. The molecule has 0 atom stereocenters. The van der Waals surface area contributed by atoms with Gasteiger partial charge in [0.15, 0.2) is 0 Å². The van der Waals surface area contributed by atoms with Gasteiger partial charge in [-0.1, -0.05) is 48.9 Å². The zero-order chi connectivity index (χ0) is 18.7. The van der Waals surface area contributed by atoms with Crippen molar-refractivity contribution in [1.82, 2.24) is 9.62 Å². The molecule has 0 aromatic heterocycles. The van der Waals surface area contributed by atoms with Crippen LogP contribution in [0.25, 0.3) is 0 Å². The highest BCUT2D eigenvalue weighted by Gasteiger charge is 2.30. The zero-order valence-electron chi connectivity index (χ0n) is 14.6. The Labute approximate surface area is 165 Å². The number of sulfonamides is 1. The first kappa shape index (κ1) is 19.9. The number of carbonyl (C=O) groups excluding carboxylic acids is 1. The molecule has 0 spiro atoms. The fourth-order valence-corrected chi connectivity index (χ4v) is 6.01. The van der Waals surface area contributed by atoms with E-state index in [4.69, 9.17) is 23.2 Å². The Morgan fingerprint density at radius 3 is 2.23 bits per heavy atom. The lowest BCUT2D eigenvalue weighted by Gasteiger charge is -2.27. The molecule has 1 aliphatic heterocycles. The first-order chi connectivity index (χ1) is 12.4. The normalized spacial score (nSPS) is 20.1. The van der Waals surface area contributed by atoms with Crippen LogP contribution in [0.2, 0.25) is 10.0 Å². The Kier molecular flexibility index (Phi) is 6.49. The van der Waals surface area contributed by atoms with E-state index >= 15 is 0 Å². The van der Waals surface area contributed by atoms with Crippen LogP contribution < -0.4 is 5.32 Å². The highest BCUT2D eigenvalue weighted by atomic mass is 35.5. The van der Waals surface area contributed by atoms with E-state index in [9.17, 15) is 13.2 Å². The third-order valence-corrected chi connectivity index (χ3v) is 7.82. The Balaban J connectivity index is 1.87. The maximum Gasteiger partial charge on any atom is 0.253 e. The number of piperidine rings is 1. The van der Waals surface area contributed by atoms with Crippen LogP contribution in [0.3, 0.4) is 0 Å². The third kappa shape index (κ3) is 4.35. The Morgan fingerprint density at radius 2 is 1.58 bits per heavy atom. The molecule has 1 aliphatic carbocycles. The summed E-state index contributed by atoms with van der Waals surface area (Å²) in [6.45, 7) is 0.954. The van der Waals surface area contributed by atoms with Crippen molar-refractivity contribution in [3.8, 4) is 0 Å². The molecule has 8 heteroatoms. The average molecular weight is 419 g/mol. The van der Waals surface area contributed by atoms with Crippen LogP contribution in [-0.4, -0.2) is 37.8 Å². The van der Waals surface area contributed by atoms with Gasteiger partial charge in [-0.25, -0.2) is 8.42 Å². The van der Waals surface area contributed by atoms with Crippen molar-refractivity contribution < 1.29 is 13.2 Å². The Morgan fingerprint density at radius 1 is 0.962 bits per heavy atom. The number of halogens is 2. The number of nitrogens with one attached hydrogen (secondary N) is 1. The molecule has 0 unspecified atom stereocenters. The minimum atomic E-state index is -3.74. The van der Waals surface area contributed by atoms with Crippen molar-refractivity contribution in [1.29, 1.82) is 0 Å². The second kappa shape index (κ2) is 8.46. The molecule has 1 aromatic carbocycles. The second-order valence-corrected chi connectivity index (χ2v) is 9.76. The van der Waals surface area contributed by atoms with Crippen molar-refractivity contribution >= 4 is 39.1 Å². The van der Waals surface area contributed by atoms with Crippen molar-refractivity contribution in [2.45, 2.75) is 62.3 Å². The van der Waals surface area contributed by atoms with Crippen LogP contribution in [0.15, 0.2) is 17.0 Å². The van der Waals surface area contributed by atoms with E-state index in [0.717, 1.165) is 44.9 Å². The summed E-state index contributed by atoms with van der Waals surface area (Å²) < 4.78 is 27.3. The summed E-state index contributed by atoms with van der Waals surface area (Å²) in [4.78, 5) is 12.6. The lowest BCUT2D eigenvalue weighted by Crippen LogP contribution is -2.37. The molecule has 1 saturated carbocycles. The van der Waals surface area contributed by atoms with E-state index in [-0.39, 0.29) is 32.5 Å². The highest BCUT2D eigenvalue weighted by molar-refractivity contribution is 7.89. The molecule has 26 heavy (non-hydrogen) atoms. The van der Waals surface area contributed by atoms with Gasteiger partial charge in [0.25, 0.3) is 5.91 Å². The van der Waals surface area contributed by atoms with Crippen LogP contribution in [0.4, 0.5) is 0 Å². The summed E-state index contributed by atoms with van der Waals surface area (Å²) in [6, 6.07) is 2.80. The summed E-state index contributed by atoms with van der Waals surface area (Å²) in [5.41, 5.74) is 0.164. The molecule has 1 N–H and O–H groups in total. The molecule has 5 nitrogen and oxygen atoms in total. The van der Waals surface area contributed by atoms with E-state index < -0.39 is 10.0 Å². The SMILES string of the molecule is O=C(NC1CCCCC1)c1cc(S(=O)(=O)N2CCCCC2)c(Cl)cc1Cl. The van der Waals surface area contributed by atoms with Crippen LogP contribution >= 0.6 is 23.2 Å². The zero-order valence-corrected chi connectivity index (χ0v) is 17.0. The maximum absolute atomic E-state index is 13.0. The summed E-state index contributed by atoms with van der Waals surface area (Å²) in [6.07, 6.45) is 7.94. The second-order valence-electron chi connectivity index (χ2n) is 7.04. The van der Waals surface area contributed by atoms with E-state index in [1.54, 1.807) is 0 Å². The van der Waals surface area contributed by atoms with Gasteiger partial charge in [0.2, 0.25) is 10.0 Å². The first-order valence-electron chi connectivity index (χ1n) is 9.19. The number of benzene rings is 1. The monoisotopic (exact) mass is 418 g/mol. The van der Waals surface area contributed by atoms with Gasteiger partial charge >= 0.3 is 0 Å². The number of carbonyl (C=O) groups is 1. The first-order valence-corrected chi connectivity index (χ1v) is 11.4. The summed E-state index contributed by atoms with van der Waals surface area (Å²) in [7, 11) is -3.74. The van der Waals surface area contributed by atoms with Gasteiger partial charge in [-0.15, -0.1) is 0 Å². The Bertz CT molecular complexity index is 771. The number of nitrogens with zero attached hydrogens (tertiary/aromatic N) is 1. The largest absolute Gasteiger partial charge is 0.349 e. The molecule has 144 valence electrons. The molecule has 1 aromatic rings. The van der Waals surface area contributed by atoms with Gasteiger partial charge in [0.1, 0.15) is 4.90 Å². The molecule has 1 heterocycles. The quantitative estimate of drug-likeness (QED) is 0.794. The molecule has 2 aliphatic rings. The van der Waals surface area contributed by atoms with Crippen LogP contribution in [0.5, 0.6) is 0 Å².